The van der Waals surface area contributed by atoms with Gasteiger partial charge in [0.15, 0.2) is 16.4 Å². The molecule has 2 aromatic rings. The summed E-state index contributed by atoms with van der Waals surface area (Å²) in [6.07, 6.45) is 1.28. The zero-order valence-corrected chi connectivity index (χ0v) is 18.1. The highest BCUT2D eigenvalue weighted by Crippen LogP contribution is 2.36. The van der Waals surface area contributed by atoms with Crippen molar-refractivity contribution in [3.63, 3.8) is 0 Å². The van der Waals surface area contributed by atoms with E-state index >= 15 is 0 Å². The Morgan fingerprint density at radius 1 is 1.19 bits per heavy atom. The number of carbonyl (C=O) groups excluding carboxylic acids is 2. The van der Waals surface area contributed by atoms with Crippen LogP contribution < -0.4 is 5.32 Å². The van der Waals surface area contributed by atoms with Crippen LogP contribution in [0.15, 0.2) is 12.1 Å². The van der Waals surface area contributed by atoms with E-state index in [1.54, 1.807) is 28.1 Å². The van der Waals surface area contributed by atoms with Crippen LogP contribution in [-0.4, -0.2) is 45.5 Å². The average Bonchev–Trinajstić information content (AvgIpc) is 3.23. The molecule has 31 heavy (non-hydrogen) atoms. The lowest BCUT2D eigenvalue weighted by atomic mass is 9.95. The van der Waals surface area contributed by atoms with Crippen molar-refractivity contribution in [3.8, 4) is 0 Å². The monoisotopic (exact) mass is 452 g/mol. The third kappa shape index (κ3) is 3.88. The van der Waals surface area contributed by atoms with Gasteiger partial charge in [-0.2, -0.15) is 0 Å². The minimum atomic E-state index is -1.18. The van der Waals surface area contributed by atoms with E-state index in [9.17, 15) is 22.8 Å². The molecule has 0 saturated carbocycles. The van der Waals surface area contributed by atoms with Gasteiger partial charge in [-0.05, 0) is 37.2 Å². The van der Waals surface area contributed by atoms with Crippen LogP contribution in [0.1, 0.15) is 35.7 Å². The van der Waals surface area contributed by atoms with Crippen LogP contribution in [-0.2, 0) is 36.0 Å². The lowest BCUT2D eigenvalue weighted by Crippen LogP contribution is -2.48. The highest BCUT2D eigenvalue weighted by molar-refractivity contribution is 7.71. The number of aromatic nitrogens is 2. The highest BCUT2D eigenvalue weighted by Gasteiger charge is 2.33. The van der Waals surface area contributed by atoms with Gasteiger partial charge in [0.25, 0.3) is 0 Å². The summed E-state index contributed by atoms with van der Waals surface area (Å²) in [6.45, 7) is 0.674. The fourth-order valence-electron chi connectivity index (χ4n) is 4.59. The third-order valence-electron chi connectivity index (χ3n) is 6.23. The molecule has 4 rings (SSSR count). The molecule has 6 nitrogen and oxygen atoms in total. The number of fused-ring (bicyclic) bond motifs is 1. The van der Waals surface area contributed by atoms with Crippen LogP contribution in [0.2, 0.25) is 0 Å². The third-order valence-corrected chi connectivity index (χ3v) is 6.73. The number of amides is 2. The number of halogens is 3. The van der Waals surface area contributed by atoms with Crippen LogP contribution in [0, 0.1) is 22.2 Å². The first-order valence-electron chi connectivity index (χ1n) is 10.1. The molecule has 0 aliphatic carbocycles. The van der Waals surface area contributed by atoms with Gasteiger partial charge in [0.2, 0.25) is 11.8 Å². The summed E-state index contributed by atoms with van der Waals surface area (Å²) in [5, 5.41) is 2.96. The second-order valence-electron chi connectivity index (χ2n) is 8.26. The smallest absolute Gasteiger partial charge is 0.226 e. The topological polar surface area (TPSA) is 59.3 Å². The van der Waals surface area contributed by atoms with Crippen LogP contribution in [0.5, 0.6) is 0 Å². The number of piperidine rings is 1. The molecule has 1 aromatic carbocycles. The average molecular weight is 453 g/mol. The molecule has 1 N–H and O–H groups in total. The Morgan fingerprint density at radius 3 is 2.61 bits per heavy atom. The molecule has 2 amide bonds. The van der Waals surface area contributed by atoms with E-state index in [4.69, 9.17) is 12.2 Å². The van der Waals surface area contributed by atoms with Gasteiger partial charge in [0.1, 0.15) is 5.82 Å². The van der Waals surface area contributed by atoms with E-state index in [1.165, 1.54) is 0 Å². The van der Waals surface area contributed by atoms with Gasteiger partial charge in [-0.3, -0.25) is 9.59 Å². The lowest BCUT2D eigenvalue weighted by molar-refractivity contribution is -0.133. The van der Waals surface area contributed by atoms with Gasteiger partial charge in [-0.15, -0.1) is 0 Å². The second-order valence-corrected chi connectivity index (χ2v) is 8.62. The molecule has 2 aliphatic rings. The van der Waals surface area contributed by atoms with Gasteiger partial charge in [-0.25, -0.2) is 13.2 Å². The summed E-state index contributed by atoms with van der Waals surface area (Å²) in [7, 11) is 3.46. The molecule has 1 fully saturated rings. The number of benzene rings is 1. The van der Waals surface area contributed by atoms with E-state index in [-0.39, 0.29) is 42.8 Å². The standard InChI is InChI=1S/C21H23F3N4O2S/c1-26-10-12(3-6-18(26)30)25-17(29)8-15-16-7-11(9-28(16)21(31)27(15)2)19-13(22)4-5-14(23)20(19)24/h4-5,11-12H,3,6-10H2,1-2H3,(H,25,29)/t11-,12?/m0/s1. The van der Waals surface area contributed by atoms with E-state index in [0.29, 0.717) is 29.9 Å². The van der Waals surface area contributed by atoms with Crippen LogP contribution in [0.3, 0.4) is 0 Å². The van der Waals surface area contributed by atoms with Gasteiger partial charge in [-0.1, -0.05) is 0 Å². The molecule has 1 unspecified atom stereocenters. The summed E-state index contributed by atoms with van der Waals surface area (Å²) in [4.78, 5) is 25.9. The number of hydrogen-bond acceptors (Lipinski definition) is 3. The van der Waals surface area contributed by atoms with E-state index < -0.39 is 23.4 Å². The number of likely N-dealkylation sites (tertiary alicyclic amines) is 1. The van der Waals surface area contributed by atoms with Gasteiger partial charge < -0.3 is 19.4 Å². The normalized spacial score (nSPS) is 20.8. The maximum atomic E-state index is 14.3. The first-order valence-corrected chi connectivity index (χ1v) is 10.5. The Kier molecular flexibility index (Phi) is 5.67. The lowest BCUT2D eigenvalue weighted by Gasteiger charge is -2.30. The Balaban J connectivity index is 1.54. The number of nitrogens with zero attached hydrogens (tertiary/aromatic N) is 3. The number of imidazole rings is 1. The molecule has 0 radical (unpaired) electrons. The van der Waals surface area contributed by atoms with Crippen LogP contribution in [0.25, 0.3) is 0 Å². The molecule has 10 heteroatoms. The Hall–Kier alpha value is -2.62. The van der Waals surface area contributed by atoms with E-state index in [0.717, 1.165) is 17.8 Å². The molecule has 2 atom stereocenters. The maximum Gasteiger partial charge on any atom is 0.226 e. The molecule has 1 saturated heterocycles. The highest BCUT2D eigenvalue weighted by atomic mass is 32.1. The minimum absolute atomic E-state index is 0.0530. The zero-order valence-electron chi connectivity index (χ0n) is 17.3. The van der Waals surface area contributed by atoms with Gasteiger partial charge in [0.05, 0.1) is 6.42 Å². The molecule has 3 heterocycles. The van der Waals surface area contributed by atoms with Crippen molar-refractivity contribution in [2.45, 2.75) is 44.2 Å². The van der Waals surface area contributed by atoms with E-state index in [1.807, 2.05) is 0 Å². The first-order chi connectivity index (χ1) is 14.7. The van der Waals surface area contributed by atoms with Gasteiger partial charge in [0, 0.05) is 62.5 Å². The Morgan fingerprint density at radius 2 is 1.90 bits per heavy atom. The quantitative estimate of drug-likeness (QED) is 0.573. The van der Waals surface area contributed by atoms with Crippen molar-refractivity contribution in [1.29, 1.82) is 0 Å². The van der Waals surface area contributed by atoms with Crippen molar-refractivity contribution in [2.24, 2.45) is 7.05 Å². The summed E-state index contributed by atoms with van der Waals surface area (Å²) >= 11 is 5.47. The molecule has 0 spiro atoms. The molecule has 2 aliphatic heterocycles. The van der Waals surface area contributed by atoms with Gasteiger partial charge >= 0.3 is 0 Å². The summed E-state index contributed by atoms with van der Waals surface area (Å²) in [5.74, 6) is -3.82. The number of hydrogen-bond donors (Lipinski definition) is 1. The van der Waals surface area contributed by atoms with Crippen molar-refractivity contribution >= 4 is 24.0 Å². The number of nitrogens with one attached hydrogen (secondary N) is 1. The zero-order chi connectivity index (χ0) is 22.4. The largest absolute Gasteiger partial charge is 0.351 e. The molecular formula is C21H23F3N4O2S. The van der Waals surface area contributed by atoms with Crippen molar-refractivity contribution in [1.82, 2.24) is 19.4 Å². The number of carbonyl (C=O) groups is 2. The molecule has 166 valence electrons. The second kappa shape index (κ2) is 8.14. The number of likely N-dealkylation sites (N-methyl/N-ethyl adjacent to an activating group) is 1. The summed E-state index contributed by atoms with van der Waals surface area (Å²) < 4.78 is 46.2. The molecular weight excluding hydrogens is 429 g/mol. The van der Waals surface area contributed by atoms with Crippen LogP contribution in [0.4, 0.5) is 13.2 Å². The maximum absolute atomic E-state index is 14.3. The van der Waals surface area contributed by atoms with Crippen molar-refractivity contribution < 1.29 is 22.8 Å². The predicted molar refractivity (Wildman–Crippen MR) is 110 cm³/mol. The minimum Gasteiger partial charge on any atom is -0.351 e. The van der Waals surface area contributed by atoms with Crippen LogP contribution >= 0.6 is 12.2 Å². The first kappa shape index (κ1) is 21.6. The number of rotatable bonds is 4. The Bertz CT molecular complexity index is 1130. The SMILES string of the molecule is CN1CC(NC(=O)Cc2c3n(c(=S)n2C)C[C@@H](c2c(F)ccc(F)c2F)C3)CCC1=O. The fraction of sp³-hybridized carbons (Fsp3) is 0.476. The predicted octanol–water partition coefficient (Wildman–Crippen LogP) is 2.59. The van der Waals surface area contributed by atoms with Crippen molar-refractivity contribution in [2.75, 3.05) is 13.6 Å². The summed E-state index contributed by atoms with van der Waals surface area (Å²) in [6, 6.07) is 1.58. The fourth-order valence-corrected chi connectivity index (χ4v) is 4.88. The van der Waals surface area contributed by atoms with Crippen molar-refractivity contribution in [3.05, 3.63) is 51.3 Å². The van der Waals surface area contributed by atoms with E-state index in [2.05, 4.69) is 5.32 Å². The Labute approximate surface area is 182 Å². The summed E-state index contributed by atoms with van der Waals surface area (Å²) in [5.41, 5.74) is 1.11. The molecule has 0 bridgehead atoms. The molecule has 1 aromatic heterocycles.